The first-order chi connectivity index (χ1) is 14.4. The lowest BCUT2D eigenvalue weighted by Crippen LogP contribution is -2.49. The van der Waals surface area contributed by atoms with E-state index in [0.717, 1.165) is 26.5 Å². The van der Waals surface area contributed by atoms with Gasteiger partial charge in [-0.25, -0.2) is 0 Å². The lowest BCUT2D eigenvalue weighted by molar-refractivity contribution is -0.121. The summed E-state index contributed by atoms with van der Waals surface area (Å²) in [5.41, 5.74) is 6.08. The summed E-state index contributed by atoms with van der Waals surface area (Å²) in [7, 11) is 0. The van der Waals surface area contributed by atoms with E-state index in [0.29, 0.717) is 15.6 Å². The number of amides is 2. The first kappa shape index (κ1) is 22.5. The van der Waals surface area contributed by atoms with Gasteiger partial charge in [0.15, 0.2) is 11.7 Å². The first-order valence-corrected chi connectivity index (χ1v) is 11.3. The Hall–Kier alpha value is -2.20. The number of hydrazine groups is 1. The Labute approximate surface area is 196 Å². The highest BCUT2D eigenvalue weighted by molar-refractivity contribution is 9.10. The number of rotatable bonds is 5. The molecule has 0 aliphatic heterocycles. The molecule has 30 heavy (non-hydrogen) atoms. The van der Waals surface area contributed by atoms with Crippen molar-refractivity contribution in [3.8, 4) is 5.75 Å². The van der Waals surface area contributed by atoms with E-state index in [4.69, 9.17) is 28.6 Å². The topological polar surface area (TPSA) is 79.5 Å². The normalized spacial score (nSPS) is 10.5. The maximum absolute atomic E-state index is 12.4. The summed E-state index contributed by atoms with van der Waals surface area (Å²) < 4.78 is 7.16. The highest BCUT2D eigenvalue weighted by Gasteiger charge is 2.17. The van der Waals surface area contributed by atoms with Crippen molar-refractivity contribution in [2.45, 2.75) is 13.3 Å². The van der Waals surface area contributed by atoms with Gasteiger partial charge in [-0.2, -0.15) is 0 Å². The van der Waals surface area contributed by atoms with E-state index in [1.165, 1.54) is 11.3 Å². The number of fused-ring (bicyclic) bond motifs is 1. The molecule has 0 saturated carbocycles. The van der Waals surface area contributed by atoms with Crippen molar-refractivity contribution >= 4 is 78.1 Å². The van der Waals surface area contributed by atoms with Gasteiger partial charge in [0.05, 0.1) is 9.50 Å². The van der Waals surface area contributed by atoms with Crippen LogP contribution in [0.25, 0.3) is 10.1 Å². The summed E-state index contributed by atoms with van der Waals surface area (Å²) in [6, 6.07) is 13.1. The second-order valence-corrected chi connectivity index (χ2v) is 8.80. The largest absolute Gasteiger partial charge is 0.483 e. The summed E-state index contributed by atoms with van der Waals surface area (Å²) in [5, 5.41) is 3.56. The molecule has 0 radical (unpaired) electrons. The van der Waals surface area contributed by atoms with Gasteiger partial charge in [0.25, 0.3) is 11.8 Å². The van der Waals surface area contributed by atoms with Crippen molar-refractivity contribution in [2.75, 3.05) is 6.61 Å². The monoisotopic (exact) mass is 525 g/mol. The molecule has 0 fully saturated rings. The molecule has 0 aliphatic rings. The van der Waals surface area contributed by atoms with Crippen LogP contribution in [-0.4, -0.2) is 23.5 Å². The molecule has 2 aromatic carbocycles. The van der Waals surface area contributed by atoms with Crippen molar-refractivity contribution in [3.63, 3.8) is 0 Å². The zero-order valence-electron chi connectivity index (χ0n) is 15.8. The van der Waals surface area contributed by atoms with Crippen LogP contribution in [0, 0.1) is 0 Å². The number of thiophene rings is 1. The Morgan fingerprint density at radius 1 is 1.20 bits per heavy atom. The fourth-order valence-corrected chi connectivity index (χ4v) is 4.67. The predicted molar refractivity (Wildman–Crippen MR) is 127 cm³/mol. The number of aryl methyl sites for hydroxylation is 1. The molecular weight excluding hydrogens is 510 g/mol. The minimum absolute atomic E-state index is 0.0606. The van der Waals surface area contributed by atoms with E-state index < -0.39 is 11.8 Å². The molecular formula is C20H17BrClN3O3S2. The van der Waals surface area contributed by atoms with Gasteiger partial charge in [-0.3, -0.25) is 25.8 Å². The Morgan fingerprint density at radius 3 is 2.67 bits per heavy atom. The minimum atomic E-state index is -0.465. The van der Waals surface area contributed by atoms with Crippen LogP contribution in [0.3, 0.4) is 0 Å². The number of carbonyl (C=O) groups is 2. The van der Waals surface area contributed by atoms with Crippen molar-refractivity contribution < 1.29 is 14.3 Å². The molecule has 3 aromatic rings. The molecule has 0 spiro atoms. The van der Waals surface area contributed by atoms with Crippen LogP contribution < -0.4 is 20.9 Å². The zero-order valence-corrected chi connectivity index (χ0v) is 19.7. The molecule has 0 saturated heterocycles. The van der Waals surface area contributed by atoms with E-state index in [1.54, 1.807) is 6.07 Å². The fourth-order valence-electron chi connectivity index (χ4n) is 2.55. The van der Waals surface area contributed by atoms with E-state index in [2.05, 4.69) is 39.0 Å². The second kappa shape index (κ2) is 10.2. The van der Waals surface area contributed by atoms with Crippen LogP contribution in [-0.2, 0) is 11.2 Å². The molecule has 0 atom stereocenters. The summed E-state index contributed by atoms with van der Waals surface area (Å²) in [5.74, 6) is -0.365. The van der Waals surface area contributed by atoms with E-state index in [1.807, 2.05) is 36.4 Å². The Bertz CT molecular complexity index is 1120. The van der Waals surface area contributed by atoms with Gasteiger partial charge < -0.3 is 4.74 Å². The molecule has 10 heteroatoms. The molecule has 3 N–H and O–H groups in total. The van der Waals surface area contributed by atoms with Crippen LogP contribution in [0.1, 0.15) is 22.2 Å². The number of benzene rings is 2. The number of halogens is 2. The second-order valence-electron chi connectivity index (χ2n) is 6.10. The Morgan fingerprint density at radius 2 is 1.97 bits per heavy atom. The number of hydrogen-bond acceptors (Lipinski definition) is 5. The number of thiocarbonyl (C=S) groups is 1. The van der Waals surface area contributed by atoms with Crippen molar-refractivity contribution in [2.24, 2.45) is 0 Å². The minimum Gasteiger partial charge on any atom is -0.483 e. The highest BCUT2D eigenvalue weighted by atomic mass is 79.9. The van der Waals surface area contributed by atoms with Crippen LogP contribution in [0.2, 0.25) is 5.02 Å². The standard InChI is InChI=1S/C20H17BrClN3O3S2/c1-2-11-7-8-14(13(21)9-11)28-10-16(26)23-20(29)25-24-19(27)18-17(22)12-5-3-4-6-15(12)30-18/h3-9H,2,10H2,1H3,(H,24,27)(H2,23,25,26,29). The maximum atomic E-state index is 12.4. The summed E-state index contributed by atoms with van der Waals surface area (Å²) in [6.07, 6.45) is 0.901. The van der Waals surface area contributed by atoms with Crippen LogP contribution >= 0.6 is 51.1 Å². The van der Waals surface area contributed by atoms with E-state index >= 15 is 0 Å². The number of ether oxygens (including phenoxy) is 1. The van der Waals surface area contributed by atoms with Crippen LogP contribution in [0.4, 0.5) is 0 Å². The third kappa shape index (κ3) is 5.48. The van der Waals surface area contributed by atoms with Gasteiger partial charge >= 0.3 is 0 Å². The molecule has 2 amide bonds. The molecule has 1 aromatic heterocycles. The van der Waals surface area contributed by atoms with Crippen molar-refractivity contribution in [1.82, 2.24) is 16.2 Å². The molecule has 3 rings (SSSR count). The average molecular weight is 527 g/mol. The van der Waals surface area contributed by atoms with Crippen LogP contribution in [0.5, 0.6) is 5.75 Å². The molecule has 0 aliphatic carbocycles. The molecule has 6 nitrogen and oxygen atoms in total. The quantitative estimate of drug-likeness (QED) is 0.335. The molecule has 0 unspecified atom stereocenters. The summed E-state index contributed by atoms with van der Waals surface area (Å²) in [4.78, 5) is 24.8. The van der Waals surface area contributed by atoms with Gasteiger partial charge in [-0.1, -0.05) is 42.8 Å². The van der Waals surface area contributed by atoms with Gasteiger partial charge in [-0.15, -0.1) is 11.3 Å². The molecule has 156 valence electrons. The summed E-state index contributed by atoms with van der Waals surface area (Å²) in [6.45, 7) is 1.82. The number of nitrogens with one attached hydrogen (secondary N) is 3. The number of hydrogen-bond donors (Lipinski definition) is 3. The van der Waals surface area contributed by atoms with Gasteiger partial charge in [0, 0.05) is 10.1 Å². The van der Waals surface area contributed by atoms with Gasteiger partial charge in [0.1, 0.15) is 10.6 Å². The highest BCUT2D eigenvalue weighted by Crippen LogP contribution is 2.34. The maximum Gasteiger partial charge on any atom is 0.281 e. The SMILES string of the molecule is CCc1ccc(OCC(=O)NC(=S)NNC(=O)c2sc3ccccc3c2Cl)c(Br)c1. The summed E-state index contributed by atoms with van der Waals surface area (Å²) >= 11 is 16.0. The lowest BCUT2D eigenvalue weighted by Gasteiger charge is -2.12. The zero-order chi connectivity index (χ0) is 21.7. The fraction of sp³-hybridized carbons (Fsp3) is 0.150. The van der Waals surface area contributed by atoms with E-state index in [-0.39, 0.29) is 11.7 Å². The Kier molecular flexibility index (Phi) is 7.65. The van der Waals surface area contributed by atoms with E-state index in [9.17, 15) is 9.59 Å². The van der Waals surface area contributed by atoms with Crippen molar-refractivity contribution in [1.29, 1.82) is 0 Å². The predicted octanol–water partition coefficient (Wildman–Crippen LogP) is 4.59. The average Bonchev–Trinajstić information content (AvgIpc) is 3.08. The smallest absolute Gasteiger partial charge is 0.281 e. The number of carbonyl (C=O) groups excluding carboxylic acids is 2. The third-order valence-corrected chi connectivity index (χ3v) is 6.54. The molecule has 1 heterocycles. The first-order valence-electron chi connectivity index (χ1n) is 8.87. The Balaban J connectivity index is 1.48. The van der Waals surface area contributed by atoms with Crippen LogP contribution in [0.15, 0.2) is 46.9 Å². The lowest BCUT2D eigenvalue weighted by atomic mass is 10.2. The van der Waals surface area contributed by atoms with Gasteiger partial charge in [0.2, 0.25) is 0 Å². The molecule has 0 bridgehead atoms. The van der Waals surface area contributed by atoms with Gasteiger partial charge in [-0.05, 0) is 58.3 Å². The third-order valence-electron chi connectivity index (χ3n) is 4.05. The van der Waals surface area contributed by atoms with Crippen molar-refractivity contribution in [3.05, 3.63) is 62.4 Å².